The van der Waals surface area contributed by atoms with Crippen LogP contribution in [0.5, 0.6) is 0 Å². The third kappa shape index (κ3) is 5.98. The van der Waals surface area contributed by atoms with Crippen molar-refractivity contribution in [1.82, 2.24) is 15.1 Å². The normalized spacial score (nSPS) is 17.4. The molecule has 35 heavy (non-hydrogen) atoms. The van der Waals surface area contributed by atoms with E-state index < -0.39 is 17.6 Å². The zero-order chi connectivity index (χ0) is 25.0. The molecule has 1 heterocycles. The Balaban J connectivity index is 1.65. The summed E-state index contributed by atoms with van der Waals surface area (Å²) in [6.45, 7) is -0.288. The fourth-order valence-electron chi connectivity index (χ4n) is 4.61. The van der Waals surface area contributed by atoms with Gasteiger partial charge in [-0.2, -0.15) is 18.3 Å². The smallest absolute Gasteiger partial charge is 0.396 e. The first-order valence-electron chi connectivity index (χ1n) is 12.0. The van der Waals surface area contributed by atoms with Crippen LogP contribution in [0.3, 0.4) is 0 Å². The van der Waals surface area contributed by atoms with Gasteiger partial charge in [-0.25, -0.2) is 4.99 Å². The van der Waals surface area contributed by atoms with E-state index in [-0.39, 0.29) is 60.1 Å². The lowest BCUT2D eigenvalue weighted by Crippen LogP contribution is -2.40. The number of amides is 2. The molecular weight excluding hydrogens is 461 g/mol. The minimum absolute atomic E-state index is 0.0386. The third-order valence-electron chi connectivity index (χ3n) is 6.63. The number of hydrogen-bond acceptors (Lipinski definition) is 4. The topological polar surface area (TPSA) is 96.6 Å². The molecule has 0 radical (unpaired) electrons. The average Bonchev–Trinajstić information content (AvgIpc) is 3.46. The minimum atomic E-state index is -4.56. The molecule has 188 valence electrons. The van der Waals surface area contributed by atoms with Crippen molar-refractivity contribution in [3.63, 3.8) is 0 Å². The second-order valence-corrected chi connectivity index (χ2v) is 9.17. The van der Waals surface area contributed by atoms with Crippen LogP contribution >= 0.6 is 0 Å². The number of carbonyl (C=O) groups is 2. The van der Waals surface area contributed by atoms with E-state index in [4.69, 9.17) is 0 Å². The van der Waals surface area contributed by atoms with Crippen LogP contribution in [0.15, 0.2) is 35.3 Å². The number of aliphatic hydroxyl groups excluding tert-OH is 1. The third-order valence-corrected chi connectivity index (χ3v) is 6.63. The van der Waals surface area contributed by atoms with Crippen LogP contribution in [0.25, 0.3) is 11.3 Å². The van der Waals surface area contributed by atoms with Gasteiger partial charge < -0.3 is 10.4 Å². The molecule has 1 aromatic carbocycles. The van der Waals surface area contributed by atoms with E-state index in [0.29, 0.717) is 0 Å². The van der Waals surface area contributed by atoms with Crippen LogP contribution in [0.2, 0.25) is 0 Å². The van der Waals surface area contributed by atoms with Gasteiger partial charge in [-0.05, 0) is 44.2 Å². The first-order chi connectivity index (χ1) is 16.8. The summed E-state index contributed by atoms with van der Waals surface area (Å²) >= 11 is 0. The highest BCUT2D eigenvalue weighted by atomic mass is 19.4. The van der Waals surface area contributed by atoms with E-state index in [0.717, 1.165) is 51.0 Å². The highest BCUT2D eigenvalue weighted by molar-refractivity contribution is 6.09. The molecule has 1 aromatic heterocycles. The summed E-state index contributed by atoms with van der Waals surface area (Å²) in [6, 6.07) is 6.62. The summed E-state index contributed by atoms with van der Waals surface area (Å²) in [4.78, 5) is 29.3. The van der Waals surface area contributed by atoms with Crippen molar-refractivity contribution in [2.75, 3.05) is 6.61 Å². The molecule has 2 saturated carbocycles. The van der Waals surface area contributed by atoms with Crippen molar-refractivity contribution in [2.24, 2.45) is 4.99 Å². The monoisotopic (exact) mass is 490 g/mol. The number of alkyl halides is 3. The maximum Gasteiger partial charge on any atom is 0.417 e. The molecule has 2 aliphatic rings. The zero-order valence-electron chi connectivity index (χ0n) is 19.4. The standard InChI is InChI=1S/C25H29F3N4O3/c26-25(27,28)20-11-4-3-10-19(20)22-15-21(31-32(22)18-8-1-2-9-18)24(35)30-17(12-13-33)14-23(34)29-16-6-5-7-16/h3-4,10-11,15-16,18,33H,1-2,5-9,12-14H2,(H,29,34). The number of aliphatic imine (C=N–C) groups is 1. The summed E-state index contributed by atoms with van der Waals surface area (Å²) in [5, 5.41) is 16.6. The van der Waals surface area contributed by atoms with Gasteiger partial charge in [0.15, 0.2) is 5.69 Å². The highest BCUT2D eigenvalue weighted by Gasteiger charge is 2.35. The maximum absolute atomic E-state index is 13.7. The highest BCUT2D eigenvalue weighted by Crippen LogP contribution is 2.40. The molecule has 2 aromatic rings. The Morgan fingerprint density at radius 2 is 1.83 bits per heavy atom. The maximum atomic E-state index is 13.7. The van der Waals surface area contributed by atoms with Gasteiger partial charge in [-0.3, -0.25) is 14.3 Å². The van der Waals surface area contributed by atoms with Gasteiger partial charge in [0.2, 0.25) is 5.91 Å². The number of hydrogen-bond donors (Lipinski definition) is 2. The van der Waals surface area contributed by atoms with Gasteiger partial charge >= 0.3 is 6.18 Å². The van der Waals surface area contributed by atoms with Crippen LogP contribution in [0, 0.1) is 0 Å². The molecule has 4 rings (SSSR count). The lowest BCUT2D eigenvalue weighted by atomic mass is 9.93. The number of benzene rings is 1. The number of rotatable bonds is 8. The summed E-state index contributed by atoms with van der Waals surface area (Å²) in [6.07, 6.45) is 1.62. The predicted molar refractivity (Wildman–Crippen MR) is 124 cm³/mol. The Morgan fingerprint density at radius 3 is 2.46 bits per heavy atom. The Labute approximate surface area is 201 Å². The Morgan fingerprint density at radius 1 is 1.11 bits per heavy atom. The number of halogens is 3. The molecule has 2 aliphatic carbocycles. The van der Waals surface area contributed by atoms with E-state index in [1.165, 1.54) is 28.9 Å². The number of nitrogens with one attached hydrogen (secondary N) is 1. The molecule has 0 saturated heterocycles. The fraction of sp³-hybridized carbons (Fsp3) is 0.520. The van der Waals surface area contributed by atoms with Gasteiger partial charge in [0.1, 0.15) is 0 Å². The first kappa shape index (κ1) is 25.1. The van der Waals surface area contributed by atoms with E-state index >= 15 is 0 Å². The molecule has 2 N–H and O–H groups in total. The number of nitrogens with zero attached hydrogens (tertiary/aromatic N) is 3. The van der Waals surface area contributed by atoms with Crippen LogP contribution < -0.4 is 5.32 Å². The van der Waals surface area contributed by atoms with Crippen molar-refractivity contribution in [3.05, 3.63) is 41.6 Å². The van der Waals surface area contributed by atoms with Crippen LogP contribution in [0.4, 0.5) is 13.2 Å². The van der Waals surface area contributed by atoms with Gasteiger partial charge in [0.05, 0.1) is 23.7 Å². The lowest BCUT2D eigenvalue weighted by Gasteiger charge is -2.26. The molecule has 2 amide bonds. The van der Waals surface area contributed by atoms with Crippen molar-refractivity contribution >= 4 is 17.5 Å². The van der Waals surface area contributed by atoms with Crippen LogP contribution in [-0.2, 0) is 11.0 Å². The second kappa shape index (κ2) is 10.7. The molecule has 0 atom stereocenters. The lowest BCUT2D eigenvalue weighted by molar-refractivity contribution is -0.137. The van der Waals surface area contributed by atoms with Gasteiger partial charge in [0, 0.05) is 30.3 Å². The van der Waals surface area contributed by atoms with Gasteiger partial charge in [0.25, 0.3) is 5.91 Å². The minimum Gasteiger partial charge on any atom is -0.396 e. The van der Waals surface area contributed by atoms with E-state index in [1.54, 1.807) is 0 Å². The summed E-state index contributed by atoms with van der Waals surface area (Å²) in [7, 11) is 0. The van der Waals surface area contributed by atoms with Crippen molar-refractivity contribution in [2.45, 2.75) is 76.0 Å². The Kier molecular flexibility index (Phi) is 7.69. The number of aliphatic hydroxyl groups is 1. The Hall–Kier alpha value is -3.01. The Bertz CT molecular complexity index is 1100. The fourth-order valence-corrected chi connectivity index (χ4v) is 4.61. The van der Waals surface area contributed by atoms with E-state index in [9.17, 15) is 27.9 Å². The predicted octanol–water partition coefficient (Wildman–Crippen LogP) is 4.71. The summed E-state index contributed by atoms with van der Waals surface area (Å²) < 4.78 is 42.7. The molecule has 0 aliphatic heterocycles. The molecule has 10 heteroatoms. The molecule has 0 unspecified atom stereocenters. The quantitative estimate of drug-likeness (QED) is 0.524. The molecule has 0 spiro atoms. The van der Waals surface area contributed by atoms with E-state index in [1.807, 2.05) is 0 Å². The zero-order valence-corrected chi connectivity index (χ0v) is 19.4. The number of aromatic nitrogens is 2. The van der Waals surface area contributed by atoms with Gasteiger partial charge in [-0.15, -0.1) is 0 Å². The van der Waals surface area contributed by atoms with Crippen LogP contribution in [0.1, 0.15) is 79.9 Å². The summed E-state index contributed by atoms with van der Waals surface area (Å²) in [5.41, 5.74) is -0.497. The van der Waals surface area contributed by atoms with Crippen molar-refractivity contribution < 1.29 is 27.9 Å². The van der Waals surface area contributed by atoms with Crippen molar-refractivity contribution in [3.8, 4) is 11.3 Å². The molecule has 7 nitrogen and oxygen atoms in total. The molecule has 0 bridgehead atoms. The van der Waals surface area contributed by atoms with Crippen LogP contribution in [-0.4, -0.2) is 45.1 Å². The molecular formula is C25H29F3N4O3. The van der Waals surface area contributed by atoms with Crippen molar-refractivity contribution in [1.29, 1.82) is 0 Å². The largest absolute Gasteiger partial charge is 0.417 e. The van der Waals surface area contributed by atoms with E-state index in [2.05, 4.69) is 15.4 Å². The second-order valence-electron chi connectivity index (χ2n) is 9.17. The number of carbonyl (C=O) groups excluding carboxylic acids is 2. The van der Waals surface area contributed by atoms with Gasteiger partial charge in [-0.1, -0.05) is 31.0 Å². The molecule has 2 fully saturated rings. The summed E-state index contributed by atoms with van der Waals surface area (Å²) in [5.74, 6) is -1.02. The first-order valence-corrected chi connectivity index (χ1v) is 12.0. The average molecular weight is 491 g/mol. The SMILES string of the molecule is O=C(CC(CCO)=NC(=O)c1cc(-c2ccccc2C(F)(F)F)n(C2CCCC2)n1)NC1CCC1.